The normalized spacial score (nSPS) is 9.12. The number of carbonyl (C=O) groups is 1. The van der Waals surface area contributed by atoms with Gasteiger partial charge in [-0.2, -0.15) is 0 Å². The van der Waals surface area contributed by atoms with E-state index in [0.29, 0.717) is 12.3 Å². The van der Waals surface area contributed by atoms with Gasteiger partial charge in [0.15, 0.2) is 0 Å². The number of aliphatic hydroxyl groups is 1. The Morgan fingerprint density at radius 3 is 2.94 bits per heavy atom. The summed E-state index contributed by atoms with van der Waals surface area (Å²) in [6, 6.07) is 5.42. The first-order chi connectivity index (χ1) is 8.17. The van der Waals surface area contributed by atoms with E-state index < -0.39 is 6.09 Å². The van der Waals surface area contributed by atoms with Gasteiger partial charge in [0.25, 0.3) is 0 Å². The summed E-state index contributed by atoms with van der Waals surface area (Å²) in [7, 11) is 0. The van der Waals surface area contributed by atoms with E-state index >= 15 is 0 Å². The minimum atomic E-state index is -0.483. The number of carbonyl (C=O) groups excluding carboxylic acids is 1. The van der Waals surface area contributed by atoms with Crippen molar-refractivity contribution < 1.29 is 14.6 Å². The van der Waals surface area contributed by atoms with Crippen LogP contribution in [0.2, 0.25) is 0 Å². The molecule has 0 fully saturated rings. The van der Waals surface area contributed by atoms with Crippen molar-refractivity contribution in [2.75, 3.05) is 18.5 Å². The summed E-state index contributed by atoms with van der Waals surface area (Å²) in [5, 5.41) is 11.2. The van der Waals surface area contributed by atoms with E-state index in [0.717, 1.165) is 11.1 Å². The molecule has 1 amide bonds. The molecule has 1 aromatic carbocycles. The quantitative estimate of drug-likeness (QED) is 0.767. The van der Waals surface area contributed by atoms with Gasteiger partial charge >= 0.3 is 6.09 Å². The molecule has 0 unspecified atom stereocenters. The summed E-state index contributed by atoms with van der Waals surface area (Å²) in [4.78, 5) is 11.3. The van der Waals surface area contributed by atoms with Crippen LogP contribution < -0.4 is 5.32 Å². The van der Waals surface area contributed by atoms with Gasteiger partial charge in [-0.15, -0.1) is 0 Å². The molecule has 0 saturated heterocycles. The first kappa shape index (κ1) is 13.1. The lowest BCUT2D eigenvalue weighted by atomic mass is 10.1. The number of ether oxygens (including phenoxy) is 1. The molecule has 4 nitrogen and oxygen atoms in total. The van der Waals surface area contributed by atoms with Crippen LogP contribution in [0.1, 0.15) is 18.1 Å². The minimum absolute atomic E-state index is 0.186. The lowest BCUT2D eigenvalue weighted by Crippen LogP contribution is -2.14. The van der Waals surface area contributed by atoms with Gasteiger partial charge in [-0.25, -0.2) is 4.79 Å². The fourth-order valence-electron chi connectivity index (χ4n) is 1.25. The second-order valence-electron chi connectivity index (χ2n) is 3.34. The Balaban J connectivity index is 2.86. The standard InChI is InChI=1S/C13H15NO3/c1-3-17-13(16)14-12-9-11(5-4-8-15)7-6-10(12)2/h6-7,9,15H,3,8H2,1-2H3,(H,14,16). The number of aliphatic hydroxyl groups excluding tert-OH is 1. The summed E-state index contributed by atoms with van der Waals surface area (Å²) in [5.41, 5.74) is 2.32. The van der Waals surface area contributed by atoms with Crippen LogP contribution in [0.3, 0.4) is 0 Å². The van der Waals surface area contributed by atoms with Gasteiger partial charge in [0.05, 0.1) is 6.61 Å². The maximum Gasteiger partial charge on any atom is 0.411 e. The van der Waals surface area contributed by atoms with Crippen molar-refractivity contribution in [3.05, 3.63) is 29.3 Å². The third kappa shape index (κ3) is 4.17. The SMILES string of the molecule is CCOC(=O)Nc1cc(C#CCO)ccc1C. The second kappa shape index (κ2) is 6.56. The third-order valence-electron chi connectivity index (χ3n) is 2.06. The van der Waals surface area contributed by atoms with Gasteiger partial charge in [0, 0.05) is 11.3 Å². The molecule has 0 saturated carbocycles. The van der Waals surface area contributed by atoms with E-state index in [4.69, 9.17) is 9.84 Å². The molecule has 0 aromatic heterocycles. The van der Waals surface area contributed by atoms with Gasteiger partial charge in [-0.3, -0.25) is 5.32 Å². The molecule has 1 aromatic rings. The number of nitrogens with one attached hydrogen (secondary N) is 1. The lowest BCUT2D eigenvalue weighted by Gasteiger charge is -2.08. The highest BCUT2D eigenvalue weighted by molar-refractivity contribution is 5.85. The van der Waals surface area contributed by atoms with Crippen molar-refractivity contribution in [1.29, 1.82) is 0 Å². The molecular weight excluding hydrogens is 218 g/mol. The average Bonchev–Trinajstić information content (AvgIpc) is 2.30. The Bertz CT molecular complexity index is 457. The summed E-state index contributed by atoms with van der Waals surface area (Å²) in [6.07, 6.45) is -0.483. The van der Waals surface area contributed by atoms with E-state index in [1.807, 2.05) is 19.1 Å². The summed E-state index contributed by atoms with van der Waals surface area (Å²) < 4.78 is 4.80. The highest BCUT2D eigenvalue weighted by Crippen LogP contribution is 2.16. The van der Waals surface area contributed by atoms with Crippen molar-refractivity contribution >= 4 is 11.8 Å². The van der Waals surface area contributed by atoms with Crippen molar-refractivity contribution in [1.82, 2.24) is 0 Å². The molecule has 0 aliphatic carbocycles. The van der Waals surface area contributed by atoms with Crippen molar-refractivity contribution in [3.8, 4) is 11.8 Å². The molecule has 4 heteroatoms. The Kier molecular flexibility index (Phi) is 5.05. The summed E-state index contributed by atoms with van der Waals surface area (Å²) >= 11 is 0. The minimum Gasteiger partial charge on any atom is -0.450 e. The van der Waals surface area contributed by atoms with Gasteiger partial charge < -0.3 is 9.84 Å². The zero-order chi connectivity index (χ0) is 12.7. The maximum absolute atomic E-state index is 11.3. The Hall–Kier alpha value is -1.99. The number of anilines is 1. The van der Waals surface area contributed by atoms with E-state index in [1.165, 1.54) is 0 Å². The van der Waals surface area contributed by atoms with Crippen LogP contribution in [-0.4, -0.2) is 24.4 Å². The van der Waals surface area contributed by atoms with E-state index in [-0.39, 0.29) is 6.61 Å². The van der Waals surface area contributed by atoms with Crippen molar-refractivity contribution in [2.45, 2.75) is 13.8 Å². The van der Waals surface area contributed by atoms with E-state index in [2.05, 4.69) is 17.2 Å². The smallest absolute Gasteiger partial charge is 0.411 e. The van der Waals surface area contributed by atoms with Crippen LogP contribution in [0.5, 0.6) is 0 Å². The molecular formula is C13H15NO3. The molecule has 90 valence electrons. The predicted molar refractivity (Wildman–Crippen MR) is 65.8 cm³/mol. The largest absolute Gasteiger partial charge is 0.450 e. The zero-order valence-corrected chi connectivity index (χ0v) is 9.91. The molecule has 0 aliphatic heterocycles. The molecule has 0 aliphatic rings. The first-order valence-corrected chi connectivity index (χ1v) is 5.31. The van der Waals surface area contributed by atoms with Crippen molar-refractivity contribution in [3.63, 3.8) is 0 Å². The molecule has 0 spiro atoms. The molecule has 0 bridgehead atoms. The number of benzene rings is 1. The lowest BCUT2D eigenvalue weighted by molar-refractivity contribution is 0.168. The first-order valence-electron chi connectivity index (χ1n) is 5.31. The molecule has 0 atom stereocenters. The molecule has 17 heavy (non-hydrogen) atoms. The Morgan fingerprint density at radius 1 is 1.53 bits per heavy atom. The second-order valence-corrected chi connectivity index (χ2v) is 3.34. The molecule has 2 N–H and O–H groups in total. The van der Waals surface area contributed by atoms with Crippen LogP contribution in [0.15, 0.2) is 18.2 Å². The van der Waals surface area contributed by atoms with Crippen LogP contribution >= 0.6 is 0 Å². The monoisotopic (exact) mass is 233 g/mol. The maximum atomic E-state index is 11.3. The van der Waals surface area contributed by atoms with Crippen LogP contribution in [0, 0.1) is 18.8 Å². The van der Waals surface area contributed by atoms with E-state index in [9.17, 15) is 4.79 Å². The highest BCUT2D eigenvalue weighted by atomic mass is 16.5. The predicted octanol–water partition coefficient (Wildman–Crippen LogP) is 1.91. The van der Waals surface area contributed by atoms with Gasteiger partial charge in [-0.05, 0) is 31.5 Å². The Morgan fingerprint density at radius 2 is 2.29 bits per heavy atom. The fraction of sp³-hybridized carbons (Fsp3) is 0.308. The third-order valence-corrected chi connectivity index (χ3v) is 2.06. The van der Waals surface area contributed by atoms with Crippen LogP contribution in [-0.2, 0) is 4.74 Å². The number of hydrogen-bond donors (Lipinski definition) is 2. The molecule has 1 rings (SSSR count). The fourth-order valence-corrected chi connectivity index (χ4v) is 1.25. The summed E-state index contributed by atoms with van der Waals surface area (Å²) in [6.45, 7) is 3.77. The zero-order valence-electron chi connectivity index (χ0n) is 9.91. The summed E-state index contributed by atoms with van der Waals surface area (Å²) in [5.74, 6) is 5.33. The molecule has 0 radical (unpaired) electrons. The van der Waals surface area contributed by atoms with Gasteiger partial charge in [0.1, 0.15) is 6.61 Å². The van der Waals surface area contributed by atoms with Gasteiger partial charge in [0.2, 0.25) is 0 Å². The van der Waals surface area contributed by atoms with Crippen LogP contribution in [0.4, 0.5) is 10.5 Å². The van der Waals surface area contributed by atoms with Gasteiger partial charge in [-0.1, -0.05) is 17.9 Å². The number of amides is 1. The number of rotatable bonds is 2. The topological polar surface area (TPSA) is 58.6 Å². The van der Waals surface area contributed by atoms with Crippen LogP contribution in [0.25, 0.3) is 0 Å². The van der Waals surface area contributed by atoms with Crippen molar-refractivity contribution in [2.24, 2.45) is 0 Å². The average molecular weight is 233 g/mol. The number of hydrogen-bond acceptors (Lipinski definition) is 3. The van der Waals surface area contributed by atoms with E-state index in [1.54, 1.807) is 13.0 Å². The number of aryl methyl sites for hydroxylation is 1. The highest BCUT2D eigenvalue weighted by Gasteiger charge is 2.04. The molecule has 0 heterocycles. The Labute approximate surface area is 101 Å².